The number of carbonyl (C=O) groups is 1. The van der Waals surface area contributed by atoms with Gasteiger partial charge < -0.3 is 16.4 Å². The molecule has 1 aromatic carbocycles. The second-order valence-corrected chi connectivity index (χ2v) is 5.72. The van der Waals surface area contributed by atoms with Crippen molar-refractivity contribution in [1.82, 2.24) is 15.6 Å². The maximum absolute atomic E-state index is 12.5. The molecule has 25 heavy (non-hydrogen) atoms. The molecule has 1 aliphatic rings. The van der Waals surface area contributed by atoms with Crippen molar-refractivity contribution in [3.63, 3.8) is 0 Å². The summed E-state index contributed by atoms with van der Waals surface area (Å²) < 4.78 is 0. The quantitative estimate of drug-likeness (QED) is 0.718. The highest BCUT2D eigenvalue weighted by Gasteiger charge is 2.36. The van der Waals surface area contributed by atoms with Crippen LogP contribution in [0.5, 0.6) is 0 Å². The Bertz CT molecular complexity index is 799. The topological polar surface area (TPSA) is 92.4 Å². The van der Waals surface area contributed by atoms with E-state index in [0.29, 0.717) is 30.1 Å². The Morgan fingerprint density at radius 2 is 2.08 bits per heavy atom. The minimum atomic E-state index is -0.352. The molecular formula is C19H21N5O. The Labute approximate surface area is 146 Å². The van der Waals surface area contributed by atoms with Crippen molar-refractivity contribution in [2.75, 3.05) is 20.1 Å². The average Bonchev–Trinajstić information content (AvgIpc) is 2.99. The van der Waals surface area contributed by atoms with Crippen LogP contribution in [0.2, 0.25) is 0 Å². The highest BCUT2D eigenvalue weighted by atomic mass is 16.2. The molecule has 3 rings (SSSR count). The molecule has 1 aromatic heterocycles. The molecule has 1 atom stereocenters. The van der Waals surface area contributed by atoms with Gasteiger partial charge in [-0.15, -0.1) is 0 Å². The zero-order chi connectivity index (χ0) is 17.6. The number of benzene rings is 1. The predicted molar refractivity (Wildman–Crippen MR) is 98.9 cm³/mol. The molecule has 2 heterocycles. The SMILES string of the molecule is CNCCN=C1C(=O)NC(c2cccnc2)C1=C(N)c1ccccc1. The van der Waals surface area contributed by atoms with Crippen LogP contribution in [0.15, 0.2) is 65.4 Å². The summed E-state index contributed by atoms with van der Waals surface area (Å²) in [7, 11) is 1.85. The van der Waals surface area contributed by atoms with Crippen LogP contribution in [0.3, 0.4) is 0 Å². The molecule has 1 amide bonds. The number of hydrogen-bond acceptors (Lipinski definition) is 5. The summed E-state index contributed by atoms with van der Waals surface area (Å²) >= 11 is 0. The smallest absolute Gasteiger partial charge is 0.270 e. The van der Waals surface area contributed by atoms with Crippen molar-refractivity contribution in [3.05, 3.63) is 71.6 Å². The molecule has 0 saturated carbocycles. The van der Waals surface area contributed by atoms with Gasteiger partial charge in [0.1, 0.15) is 5.71 Å². The summed E-state index contributed by atoms with van der Waals surface area (Å²) in [4.78, 5) is 21.2. The normalized spacial score (nSPS) is 20.6. The van der Waals surface area contributed by atoms with Gasteiger partial charge in [0.2, 0.25) is 0 Å². The molecule has 0 radical (unpaired) electrons. The van der Waals surface area contributed by atoms with Crippen molar-refractivity contribution in [2.24, 2.45) is 10.7 Å². The van der Waals surface area contributed by atoms with Gasteiger partial charge in [-0.1, -0.05) is 36.4 Å². The monoisotopic (exact) mass is 335 g/mol. The highest BCUT2D eigenvalue weighted by molar-refractivity contribution is 6.49. The first-order valence-corrected chi connectivity index (χ1v) is 8.17. The van der Waals surface area contributed by atoms with Crippen molar-refractivity contribution < 1.29 is 4.79 Å². The molecule has 128 valence electrons. The summed E-state index contributed by atoms with van der Waals surface area (Å²) in [5.41, 5.74) is 9.85. The number of nitrogens with one attached hydrogen (secondary N) is 2. The Balaban J connectivity index is 2.10. The van der Waals surface area contributed by atoms with E-state index in [1.165, 1.54) is 0 Å². The number of nitrogens with two attached hydrogens (primary N) is 1. The van der Waals surface area contributed by atoms with Gasteiger partial charge in [-0.25, -0.2) is 0 Å². The van der Waals surface area contributed by atoms with E-state index in [0.717, 1.165) is 11.1 Å². The molecule has 4 N–H and O–H groups in total. The lowest BCUT2D eigenvalue weighted by Crippen LogP contribution is -2.22. The number of pyridine rings is 1. The summed E-state index contributed by atoms with van der Waals surface area (Å²) in [5, 5.41) is 6.01. The zero-order valence-electron chi connectivity index (χ0n) is 14.1. The number of likely N-dealkylation sites (N-methyl/N-ethyl adjacent to an activating group) is 1. The summed E-state index contributed by atoms with van der Waals surface area (Å²) in [6, 6.07) is 13.0. The minimum absolute atomic E-state index is 0.209. The zero-order valence-corrected chi connectivity index (χ0v) is 14.1. The fourth-order valence-electron chi connectivity index (χ4n) is 2.82. The number of hydrogen-bond donors (Lipinski definition) is 3. The van der Waals surface area contributed by atoms with Crippen molar-refractivity contribution in [2.45, 2.75) is 6.04 Å². The molecule has 1 unspecified atom stereocenters. The Morgan fingerprint density at radius 1 is 1.28 bits per heavy atom. The van der Waals surface area contributed by atoms with Gasteiger partial charge >= 0.3 is 0 Å². The molecule has 0 spiro atoms. The van der Waals surface area contributed by atoms with Crippen molar-refractivity contribution in [3.8, 4) is 0 Å². The maximum atomic E-state index is 12.5. The van der Waals surface area contributed by atoms with E-state index in [9.17, 15) is 4.79 Å². The van der Waals surface area contributed by atoms with Gasteiger partial charge in [0.25, 0.3) is 5.91 Å². The van der Waals surface area contributed by atoms with E-state index in [-0.39, 0.29) is 11.9 Å². The second kappa shape index (κ2) is 7.72. The van der Waals surface area contributed by atoms with Crippen LogP contribution in [0.1, 0.15) is 17.2 Å². The first-order valence-electron chi connectivity index (χ1n) is 8.17. The van der Waals surface area contributed by atoms with Crippen LogP contribution < -0.4 is 16.4 Å². The van der Waals surface area contributed by atoms with E-state index in [4.69, 9.17) is 5.73 Å². The molecule has 1 saturated heterocycles. The Kier molecular flexibility index (Phi) is 5.20. The number of nitrogens with zero attached hydrogens (tertiary/aromatic N) is 2. The average molecular weight is 335 g/mol. The van der Waals surface area contributed by atoms with Gasteiger partial charge in [0.05, 0.1) is 12.6 Å². The summed E-state index contributed by atoms with van der Waals surface area (Å²) in [6.45, 7) is 1.19. The number of aliphatic imine (C=N–C) groups is 1. The third-order valence-corrected chi connectivity index (χ3v) is 4.06. The van der Waals surface area contributed by atoms with Crippen molar-refractivity contribution in [1.29, 1.82) is 0 Å². The fraction of sp³-hybridized carbons (Fsp3) is 0.211. The lowest BCUT2D eigenvalue weighted by atomic mass is 9.95. The number of amides is 1. The first-order chi connectivity index (χ1) is 12.2. The maximum Gasteiger partial charge on any atom is 0.270 e. The van der Waals surface area contributed by atoms with E-state index in [1.807, 2.05) is 49.5 Å². The number of aromatic nitrogens is 1. The van der Waals surface area contributed by atoms with E-state index >= 15 is 0 Å². The summed E-state index contributed by atoms with van der Waals surface area (Å²) in [6.07, 6.45) is 3.44. The Morgan fingerprint density at radius 3 is 2.76 bits per heavy atom. The van der Waals surface area contributed by atoms with Gasteiger partial charge in [-0.05, 0) is 24.2 Å². The lowest BCUT2D eigenvalue weighted by Gasteiger charge is -2.15. The minimum Gasteiger partial charge on any atom is -0.398 e. The van der Waals surface area contributed by atoms with Crippen LogP contribution in [0.4, 0.5) is 0 Å². The molecule has 6 heteroatoms. The van der Waals surface area contributed by atoms with Gasteiger partial charge in [-0.3, -0.25) is 14.8 Å². The van der Waals surface area contributed by atoms with Gasteiger partial charge in [0, 0.05) is 30.2 Å². The lowest BCUT2D eigenvalue weighted by molar-refractivity contribution is -0.114. The largest absolute Gasteiger partial charge is 0.398 e. The first kappa shape index (κ1) is 16.9. The molecule has 2 aromatic rings. The third kappa shape index (κ3) is 3.59. The van der Waals surface area contributed by atoms with Crippen molar-refractivity contribution >= 4 is 17.3 Å². The van der Waals surface area contributed by atoms with Crippen LogP contribution >= 0.6 is 0 Å². The predicted octanol–water partition coefficient (Wildman–Crippen LogP) is 1.28. The second-order valence-electron chi connectivity index (χ2n) is 5.72. The highest BCUT2D eigenvalue weighted by Crippen LogP contribution is 2.32. The summed E-state index contributed by atoms with van der Waals surface area (Å²) in [5.74, 6) is -0.209. The van der Waals surface area contributed by atoms with E-state index < -0.39 is 0 Å². The number of rotatable bonds is 5. The van der Waals surface area contributed by atoms with Gasteiger partial charge in [-0.2, -0.15) is 0 Å². The van der Waals surface area contributed by atoms with Gasteiger partial charge in [0.15, 0.2) is 0 Å². The molecule has 6 nitrogen and oxygen atoms in total. The standard InChI is InChI=1S/C19H21N5O/c1-21-10-11-23-18-15(16(20)13-6-3-2-4-7-13)17(24-19(18)25)14-8-5-9-22-12-14/h2-9,12,17,21H,10-11,20H2,1H3,(H,24,25). The van der Waals surface area contributed by atoms with E-state index in [1.54, 1.807) is 12.4 Å². The molecule has 1 aliphatic heterocycles. The molecular weight excluding hydrogens is 314 g/mol. The molecule has 0 bridgehead atoms. The fourth-order valence-corrected chi connectivity index (χ4v) is 2.82. The number of carbonyl (C=O) groups excluding carboxylic acids is 1. The van der Waals surface area contributed by atoms with Crippen LogP contribution in [-0.2, 0) is 4.79 Å². The van der Waals surface area contributed by atoms with Crippen LogP contribution in [-0.4, -0.2) is 36.7 Å². The Hall–Kier alpha value is -2.99. The van der Waals surface area contributed by atoms with Crippen LogP contribution in [0.25, 0.3) is 5.70 Å². The molecule has 1 fully saturated rings. The van der Waals surface area contributed by atoms with E-state index in [2.05, 4.69) is 20.6 Å². The third-order valence-electron chi connectivity index (χ3n) is 4.06. The van der Waals surface area contributed by atoms with Crippen LogP contribution in [0, 0.1) is 0 Å². The molecule has 0 aliphatic carbocycles.